The standard InChI is InChI=1S/C7H11N3O3/c1-4(11)9-3-5-2-6(7(8)12)10-13-5/h5H,2-3H2,1H3,(H2,8,12)(H,9,11). The maximum atomic E-state index is 10.6. The van der Waals surface area contributed by atoms with E-state index in [9.17, 15) is 9.59 Å². The number of hydrogen-bond acceptors (Lipinski definition) is 4. The van der Waals surface area contributed by atoms with Gasteiger partial charge in [0.2, 0.25) is 5.91 Å². The fourth-order valence-electron chi connectivity index (χ4n) is 0.941. The summed E-state index contributed by atoms with van der Waals surface area (Å²) in [7, 11) is 0. The van der Waals surface area contributed by atoms with Crippen LogP contribution in [0, 0.1) is 0 Å². The van der Waals surface area contributed by atoms with Gasteiger partial charge in [0.15, 0.2) is 6.10 Å². The van der Waals surface area contributed by atoms with Crippen molar-refractivity contribution in [2.45, 2.75) is 19.4 Å². The molecule has 1 rings (SSSR count). The molecular formula is C7H11N3O3. The summed E-state index contributed by atoms with van der Waals surface area (Å²) in [4.78, 5) is 26.0. The Bertz CT molecular complexity index is 262. The first kappa shape index (κ1) is 9.50. The smallest absolute Gasteiger partial charge is 0.266 e. The average Bonchev–Trinajstić information content (AvgIpc) is 2.48. The highest BCUT2D eigenvalue weighted by atomic mass is 16.6. The van der Waals surface area contributed by atoms with Crippen molar-refractivity contribution in [3.05, 3.63) is 0 Å². The molecule has 72 valence electrons. The molecule has 0 saturated carbocycles. The van der Waals surface area contributed by atoms with E-state index >= 15 is 0 Å². The quantitative estimate of drug-likeness (QED) is 0.575. The SMILES string of the molecule is CC(=O)NCC1CC(C(N)=O)=NO1. The van der Waals surface area contributed by atoms with Gasteiger partial charge >= 0.3 is 0 Å². The van der Waals surface area contributed by atoms with Gasteiger partial charge in [-0.2, -0.15) is 0 Å². The van der Waals surface area contributed by atoms with Crippen LogP contribution in [-0.4, -0.2) is 30.2 Å². The van der Waals surface area contributed by atoms with Gasteiger partial charge in [-0.3, -0.25) is 9.59 Å². The minimum Gasteiger partial charge on any atom is -0.390 e. The molecule has 6 nitrogen and oxygen atoms in total. The number of oxime groups is 1. The molecule has 3 N–H and O–H groups in total. The molecule has 6 heteroatoms. The first-order valence-electron chi connectivity index (χ1n) is 3.86. The van der Waals surface area contributed by atoms with Crippen LogP contribution in [0.3, 0.4) is 0 Å². The van der Waals surface area contributed by atoms with Gasteiger partial charge < -0.3 is 15.9 Å². The molecule has 0 aromatic carbocycles. The molecule has 1 heterocycles. The highest BCUT2D eigenvalue weighted by Gasteiger charge is 2.24. The number of primary amides is 1. The lowest BCUT2D eigenvalue weighted by Gasteiger charge is -2.07. The van der Waals surface area contributed by atoms with Gasteiger partial charge in [-0.1, -0.05) is 5.16 Å². The van der Waals surface area contributed by atoms with E-state index in [1.807, 2.05) is 0 Å². The zero-order valence-corrected chi connectivity index (χ0v) is 7.24. The second kappa shape index (κ2) is 3.88. The number of nitrogens with one attached hydrogen (secondary N) is 1. The van der Waals surface area contributed by atoms with Crippen LogP contribution < -0.4 is 11.1 Å². The second-order valence-electron chi connectivity index (χ2n) is 2.77. The summed E-state index contributed by atoms with van der Waals surface area (Å²) in [5, 5.41) is 6.04. The van der Waals surface area contributed by atoms with Crippen LogP contribution in [-0.2, 0) is 14.4 Å². The molecule has 1 unspecified atom stereocenters. The Labute approximate surface area is 75.1 Å². The van der Waals surface area contributed by atoms with E-state index in [0.717, 1.165) is 0 Å². The Kier molecular flexibility index (Phi) is 2.84. The van der Waals surface area contributed by atoms with E-state index in [1.54, 1.807) is 0 Å². The Morgan fingerprint density at radius 3 is 2.92 bits per heavy atom. The summed E-state index contributed by atoms with van der Waals surface area (Å²) in [5.41, 5.74) is 5.20. The van der Waals surface area contributed by atoms with Crippen molar-refractivity contribution in [2.24, 2.45) is 10.9 Å². The van der Waals surface area contributed by atoms with Gasteiger partial charge in [0.25, 0.3) is 5.91 Å². The Hall–Kier alpha value is -1.59. The monoisotopic (exact) mass is 185 g/mol. The molecule has 0 radical (unpaired) electrons. The van der Waals surface area contributed by atoms with E-state index in [4.69, 9.17) is 10.6 Å². The third-order valence-corrected chi connectivity index (χ3v) is 1.60. The van der Waals surface area contributed by atoms with Crippen LogP contribution >= 0.6 is 0 Å². The lowest BCUT2D eigenvalue weighted by atomic mass is 10.2. The Balaban J connectivity index is 2.29. The van der Waals surface area contributed by atoms with Gasteiger partial charge in [0, 0.05) is 13.3 Å². The summed E-state index contributed by atoms with van der Waals surface area (Å²) >= 11 is 0. The van der Waals surface area contributed by atoms with Crippen LogP contribution in [0.4, 0.5) is 0 Å². The van der Waals surface area contributed by atoms with Crippen molar-refractivity contribution in [1.82, 2.24) is 5.32 Å². The number of nitrogens with zero attached hydrogens (tertiary/aromatic N) is 1. The van der Waals surface area contributed by atoms with Crippen molar-refractivity contribution >= 4 is 17.5 Å². The molecule has 0 aromatic rings. The molecule has 0 aromatic heterocycles. The van der Waals surface area contributed by atoms with Crippen LogP contribution in [0.5, 0.6) is 0 Å². The molecule has 13 heavy (non-hydrogen) atoms. The summed E-state index contributed by atoms with van der Waals surface area (Å²) in [6.07, 6.45) is 0.0849. The lowest BCUT2D eigenvalue weighted by Crippen LogP contribution is -2.31. The summed E-state index contributed by atoms with van der Waals surface area (Å²) < 4.78 is 0. The zero-order valence-electron chi connectivity index (χ0n) is 7.24. The predicted octanol–water partition coefficient (Wildman–Crippen LogP) is -1.25. The van der Waals surface area contributed by atoms with E-state index < -0.39 is 5.91 Å². The second-order valence-corrected chi connectivity index (χ2v) is 2.77. The molecular weight excluding hydrogens is 174 g/mol. The van der Waals surface area contributed by atoms with Gasteiger partial charge in [-0.25, -0.2) is 0 Å². The van der Waals surface area contributed by atoms with Gasteiger partial charge in [0.05, 0.1) is 6.54 Å². The maximum Gasteiger partial charge on any atom is 0.266 e. The van der Waals surface area contributed by atoms with Gasteiger partial charge in [0.1, 0.15) is 5.71 Å². The zero-order chi connectivity index (χ0) is 9.84. The van der Waals surface area contributed by atoms with Crippen LogP contribution in [0.15, 0.2) is 5.16 Å². The van der Waals surface area contributed by atoms with Crippen molar-refractivity contribution in [3.8, 4) is 0 Å². The number of nitrogens with two attached hydrogens (primary N) is 1. The molecule has 0 fully saturated rings. The molecule has 1 atom stereocenters. The van der Waals surface area contributed by atoms with E-state index in [-0.39, 0.29) is 17.7 Å². The molecule has 0 spiro atoms. The Morgan fingerprint density at radius 2 is 2.46 bits per heavy atom. The number of rotatable bonds is 3. The first-order valence-corrected chi connectivity index (χ1v) is 3.86. The number of hydrogen-bond donors (Lipinski definition) is 2. The fraction of sp³-hybridized carbons (Fsp3) is 0.571. The molecule has 1 aliphatic rings. The topological polar surface area (TPSA) is 93.8 Å². The highest BCUT2D eigenvalue weighted by Crippen LogP contribution is 2.08. The number of amides is 2. The molecule has 0 saturated heterocycles. The van der Waals surface area contributed by atoms with Crippen LogP contribution in [0.1, 0.15) is 13.3 Å². The number of carbonyl (C=O) groups is 2. The van der Waals surface area contributed by atoms with Crippen molar-refractivity contribution in [1.29, 1.82) is 0 Å². The lowest BCUT2D eigenvalue weighted by molar-refractivity contribution is -0.119. The van der Waals surface area contributed by atoms with Gasteiger partial charge in [-0.05, 0) is 0 Å². The van der Waals surface area contributed by atoms with Crippen molar-refractivity contribution in [3.63, 3.8) is 0 Å². The third-order valence-electron chi connectivity index (χ3n) is 1.60. The van der Waals surface area contributed by atoms with E-state index in [1.165, 1.54) is 6.92 Å². The first-order chi connectivity index (χ1) is 6.09. The molecule has 1 aliphatic heterocycles. The maximum absolute atomic E-state index is 10.6. The predicted molar refractivity (Wildman–Crippen MR) is 44.8 cm³/mol. The third kappa shape index (κ3) is 2.73. The number of carbonyl (C=O) groups excluding carboxylic acids is 2. The van der Waals surface area contributed by atoms with Crippen molar-refractivity contribution in [2.75, 3.05) is 6.54 Å². The van der Waals surface area contributed by atoms with Gasteiger partial charge in [-0.15, -0.1) is 0 Å². The summed E-state index contributed by atoms with van der Waals surface area (Å²) in [6.45, 7) is 1.75. The van der Waals surface area contributed by atoms with Crippen LogP contribution in [0.25, 0.3) is 0 Å². The normalized spacial score (nSPS) is 20.4. The fourth-order valence-corrected chi connectivity index (χ4v) is 0.941. The minimum absolute atomic E-state index is 0.142. The van der Waals surface area contributed by atoms with E-state index in [2.05, 4.69) is 10.5 Å². The minimum atomic E-state index is -0.578. The molecule has 0 aliphatic carbocycles. The largest absolute Gasteiger partial charge is 0.390 e. The Morgan fingerprint density at radius 1 is 1.77 bits per heavy atom. The summed E-state index contributed by atoms with van der Waals surface area (Å²) in [6, 6.07) is 0. The molecule has 2 amide bonds. The summed E-state index contributed by atoms with van der Waals surface area (Å²) in [5.74, 6) is -0.721. The molecule has 0 bridgehead atoms. The average molecular weight is 185 g/mol. The van der Waals surface area contributed by atoms with Crippen molar-refractivity contribution < 1.29 is 14.4 Å². The van der Waals surface area contributed by atoms with Crippen LogP contribution in [0.2, 0.25) is 0 Å². The van der Waals surface area contributed by atoms with E-state index in [0.29, 0.717) is 13.0 Å². The highest BCUT2D eigenvalue weighted by molar-refractivity contribution is 6.38.